The molecule has 0 saturated heterocycles. The molecule has 0 aliphatic heterocycles. The van der Waals surface area contributed by atoms with Crippen molar-refractivity contribution in [3.05, 3.63) is 60.0 Å². The highest BCUT2D eigenvalue weighted by Crippen LogP contribution is 2.25. The minimum Gasteiger partial charge on any atom is -0.299 e. The highest BCUT2D eigenvalue weighted by molar-refractivity contribution is 5.84. The first-order valence-corrected chi connectivity index (χ1v) is 5.73. The molecule has 3 nitrogen and oxygen atoms in total. The van der Waals surface area contributed by atoms with E-state index in [1.54, 1.807) is 12.4 Å². The van der Waals surface area contributed by atoms with Crippen molar-refractivity contribution in [1.82, 2.24) is 9.55 Å². The van der Waals surface area contributed by atoms with Crippen molar-refractivity contribution in [3.63, 3.8) is 0 Å². The largest absolute Gasteiger partial charge is 0.299 e. The molecule has 3 aromatic rings. The van der Waals surface area contributed by atoms with Crippen LogP contribution in [0.15, 0.2) is 48.8 Å². The molecule has 2 heterocycles. The van der Waals surface area contributed by atoms with Crippen molar-refractivity contribution in [3.8, 4) is 11.8 Å². The van der Waals surface area contributed by atoms with Crippen molar-refractivity contribution in [2.24, 2.45) is 0 Å². The average molecular weight is 233 g/mol. The van der Waals surface area contributed by atoms with Crippen LogP contribution in [0.4, 0.5) is 0 Å². The summed E-state index contributed by atoms with van der Waals surface area (Å²) < 4.78 is 1.96. The Labute approximate surface area is 105 Å². The summed E-state index contributed by atoms with van der Waals surface area (Å²) >= 11 is 0. The minimum atomic E-state index is 0.632. The zero-order valence-electron chi connectivity index (χ0n) is 9.96. The second-order valence-electron chi connectivity index (χ2n) is 4.20. The fourth-order valence-corrected chi connectivity index (χ4v) is 2.19. The van der Waals surface area contributed by atoms with Gasteiger partial charge >= 0.3 is 0 Å². The fourth-order valence-electron chi connectivity index (χ4n) is 2.19. The van der Waals surface area contributed by atoms with E-state index in [9.17, 15) is 5.26 Å². The van der Waals surface area contributed by atoms with Gasteiger partial charge in [0.05, 0.1) is 17.4 Å². The van der Waals surface area contributed by atoms with Gasteiger partial charge in [0, 0.05) is 11.6 Å². The Balaban J connectivity index is 2.42. The van der Waals surface area contributed by atoms with Gasteiger partial charge in [-0.15, -0.1) is 0 Å². The summed E-state index contributed by atoms with van der Waals surface area (Å²) in [5, 5.41) is 10.3. The Morgan fingerprint density at radius 3 is 2.83 bits per heavy atom. The van der Waals surface area contributed by atoms with Gasteiger partial charge in [0.1, 0.15) is 11.8 Å². The quantitative estimate of drug-likeness (QED) is 0.647. The first-order chi connectivity index (χ1) is 8.81. The van der Waals surface area contributed by atoms with Gasteiger partial charge < -0.3 is 0 Å². The van der Waals surface area contributed by atoms with Gasteiger partial charge in [-0.05, 0) is 30.7 Å². The number of nitrogens with zero attached hydrogens (tertiary/aromatic N) is 3. The van der Waals surface area contributed by atoms with Crippen LogP contribution in [0.5, 0.6) is 0 Å². The lowest BCUT2D eigenvalue weighted by molar-refractivity contribution is 1.05. The van der Waals surface area contributed by atoms with Crippen LogP contribution >= 0.6 is 0 Å². The highest BCUT2D eigenvalue weighted by Gasteiger charge is 2.11. The van der Waals surface area contributed by atoms with Gasteiger partial charge in [0.2, 0.25) is 0 Å². The van der Waals surface area contributed by atoms with Gasteiger partial charge in [0.25, 0.3) is 0 Å². The summed E-state index contributed by atoms with van der Waals surface area (Å²) in [5.41, 5.74) is 3.72. The summed E-state index contributed by atoms with van der Waals surface area (Å²) in [6.07, 6.45) is 3.55. The van der Waals surface area contributed by atoms with Gasteiger partial charge in [-0.25, -0.2) is 0 Å². The molecule has 0 saturated carbocycles. The zero-order valence-corrected chi connectivity index (χ0v) is 9.96. The number of para-hydroxylation sites is 1. The standard InChI is InChI=1S/C15H11N3/c1-11-6-7-17-10-15(11)18-13(9-16)8-12-4-2-3-5-14(12)18/h2-8,10H,1H3. The molecule has 18 heavy (non-hydrogen) atoms. The average Bonchev–Trinajstić information content (AvgIpc) is 2.78. The first kappa shape index (κ1) is 10.5. The topological polar surface area (TPSA) is 41.6 Å². The highest BCUT2D eigenvalue weighted by atomic mass is 15.0. The minimum absolute atomic E-state index is 0.632. The number of hydrogen-bond acceptors (Lipinski definition) is 2. The molecule has 0 spiro atoms. The Kier molecular flexibility index (Phi) is 2.35. The second kappa shape index (κ2) is 4.01. The van der Waals surface area contributed by atoms with E-state index in [4.69, 9.17) is 0 Å². The Morgan fingerprint density at radius 2 is 2.06 bits per heavy atom. The summed E-state index contributed by atoms with van der Waals surface area (Å²) in [5.74, 6) is 0. The molecular weight excluding hydrogens is 222 g/mol. The molecule has 3 heteroatoms. The maximum Gasteiger partial charge on any atom is 0.125 e. The molecule has 0 fully saturated rings. The molecule has 0 atom stereocenters. The Hall–Kier alpha value is -2.60. The van der Waals surface area contributed by atoms with E-state index in [-0.39, 0.29) is 0 Å². The maximum atomic E-state index is 9.28. The van der Waals surface area contributed by atoms with E-state index in [0.29, 0.717) is 5.69 Å². The van der Waals surface area contributed by atoms with E-state index in [1.807, 2.05) is 47.9 Å². The summed E-state index contributed by atoms with van der Waals surface area (Å²) in [6, 6.07) is 14.1. The van der Waals surface area contributed by atoms with E-state index in [0.717, 1.165) is 22.2 Å². The van der Waals surface area contributed by atoms with Crippen LogP contribution in [0.3, 0.4) is 0 Å². The number of hydrogen-bond donors (Lipinski definition) is 0. The molecule has 0 bridgehead atoms. The lowest BCUT2D eigenvalue weighted by atomic mass is 10.2. The molecule has 0 unspecified atom stereocenters. The molecule has 3 rings (SSSR count). The predicted molar refractivity (Wildman–Crippen MR) is 70.5 cm³/mol. The molecule has 0 aliphatic carbocycles. The predicted octanol–water partition coefficient (Wildman–Crippen LogP) is 3.21. The van der Waals surface area contributed by atoms with Crippen LogP contribution in [-0.2, 0) is 0 Å². The van der Waals surface area contributed by atoms with Crippen LogP contribution < -0.4 is 0 Å². The zero-order chi connectivity index (χ0) is 12.5. The van der Waals surface area contributed by atoms with E-state index < -0.39 is 0 Å². The van der Waals surface area contributed by atoms with E-state index in [2.05, 4.69) is 11.1 Å². The Morgan fingerprint density at radius 1 is 1.22 bits per heavy atom. The maximum absolute atomic E-state index is 9.28. The normalized spacial score (nSPS) is 10.4. The summed E-state index contributed by atoms with van der Waals surface area (Å²) in [4.78, 5) is 4.15. The number of aryl methyl sites for hydroxylation is 1. The van der Waals surface area contributed by atoms with Crippen LogP contribution in [-0.4, -0.2) is 9.55 Å². The van der Waals surface area contributed by atoms with Crippen LogP contribution in [0.25, 0.3) is 16.6 Å². The summed E-state index contributed by atoms with van der Waals surface area (Å²) in [7, 11) is 0. The van der Waals surface area contributed by atoms with E-state index in [1.165, 1.54) is 0 Å². The number of nitriles is 1. The molecule has 86 valence electrons. The van der Waals surface area contributed by atoms with Crippen molar-refractivity contribution >= 4 is 10.9 Å². The molecule has 0 radical (unpaired) electrons. The van der Waals surface area contributed by atoms with Gasteiger partial charge in [-0.3, -0.25) is 9.55 Å². The molecule has 2 aromatic heterocycles. The third kappa shape index (κ3) is 1.47. The number of fused-ring (bicyclic) bond motifs is 1. The summed E-state index contributed by atoms with van der Waals surface area (Å²) in [6.45, 7) is 2.02. The van der Waals surface area contributed by atoms with Gasteiger partial charge in [0.15, 0.2) is 0 Å². The molecule has 0 aliphatic rings. The third-order valence-electron chi connectivity index (χ3n) is 3.08. The fraction of sp³-hybridized carbons (Fsp3) is 0.0667. The van der Waals surface area contributed by atoms with Crippen LogP contribution in [0.2, 0.25) is 0 Å². The van der Waals surface area contributed by atoms with Crippen LogP contribution in [0.1, 0.15) is 11.3 Å². The van der Waals surface area contributed by atoms with Crippen LogP contribution in [0, 0.1) is 18.3 Å². The first-order valence-electron chi connectivity index (χ1n) is 5.73. The lowest BCUT2D eigenvalue weighted by Crippen LogP contribution is -1.99. The second-order valence-corrected chi connectivity index (χ2v) is 4.20. The van der Waals surface area contributed by atoms with Gasteiger partial charge in [-0.1, -0.05) is 18.2 Å². The smallest absolute Gasteiger partial charge is 0.125 e. The monoisotopic (exact) mass is 233 g/mol. The van der Waals surface area contributed by atoms with Crippen molar-refractivity contribution < 1.29 is 0 Å². The molecule has 0 N–H and O–H groups in total. The lowest BCUT2D eigenvalue weighted by Gasteiger charge is -2.09. The number of rotatable bonds is 1. The molecular formula is C15H11N3. The van der Waals surface area contributed by atoms with Crippen molar-refractivity contribution in [2.75, 3.05) is 0 Å². The Bertz CT molecular complexity index is 763. The van der Waals surface area contributed by atoms with E-state index >= 15 is 0 Å². The molecule has 0 amide bonds. The SMILES string of the molecule is Cc1ccncc1-n1c(C#N)cc2ccccc21. The third-order valence-corrected chi connectivity index (χ3v) is 3.08. The van der Waals surface area contributed by atoms with Gasteiger partial charge in [-0.2, -0.15) is 5.26 Å². The van der Waals surface area contributed by atoms with Crippen molar-refractivity contribution in [1.29, 1.82) is 5.26 Å². The molecule has 1 aromatic carbocycles. The number of aromatic nitrogens is 2. The number of pyridine rings is 1. The number of benzene rings is 1. The van der Waals surface area contributed by atoms with Crippen molar-refractivity contribution in [2.45, 2.75) is 6.92 Å².